The number of amides is 1. The van der Waals surface area contributed by atoms with E-state index in [2.05, 4.69) is 0 Å². The normalized spacial score (nSPS) is 10.5. The van der Waals surface area contributed by atoms with Crippen LogP contribution in [0.1, 0.15) is 0 Å². The molecule has 7 nitrogen and oxygen atoms in total. The van der Waals surface area contributed by atoms with E-state index in [4.69, 9.17) is 24.4 Å². The van der Waals surface area contributed by atoms with E-state index in [1.165, 1.54) is 14.2 Å². The van der Waals surface area contributed by atoms with Crippen molar-refractivity contribution in [1.82, 2.24) is 0 Å². The Bertz CT molecular complexity index is 1020. The highest BCUT2D eigenvalue weighted by molar-refractivity contribution is 5.83. The lowest BCUT2D eigenvalue weighted by molar-refractivity contribution is -0.119. The van der Waals surface area contributed by atoms with Crippen LogP contribution in [0.4, 0.5) is 0 Å². The summed E-state index contributed by atoms with van der Waals surface area (Å²) in [5.41, 5.74) is 5.68. The topological polar surface area (TPSA) is 101 Å². The van der Waals surface area contributed by atoms with Crippen molar-refractivity contribution in [3.8, 4) is 28.6 Å². The summed E-state index contributed by atoms with van der Waals surface area (Å²) in [4.78, 5) is 23.9. The van der Waals surface area contributed by atoms with Crippen molar-refractivity contribution < 1.29 is 23.4 Å². The van der Waals surface area contributed by atoms with Crippen molar-refractivity contribution in [3.63, 3.8) is 0 Å². The number of fused-ring (bicyclic) bond motifs is 1. The Morgan fingerprint density at radius 3 is 2.50 bits per heavy atom. The molecule has 0 saturated heterocycles. The lowest BCUT2D eigenvalue weighted by Gasteiger charge is -2.13. The molecule has 0 aliphatic heterocycles. The number of primary amides is 1. The Kier molecular flexibility index (Phi) is 4.79. The van der Waals surface area contributed by atoms with E-state index in [0.29, 0.717) is 28.0 Å². The second-order valence-electron chi connectivity index (χ2n) is 5.41. The van der Waals surface area contributed by atoms with Gasteiger partial charge >= 0.3 is 0 Å². The van der Waals surface area contributed by atoms with Crippen LogP contribution in [-0.2, 0) is 4.79 Å². The number of carbonyl (C=O) groups is 1. The molecule has 0 aliphatic carbocycles. The number of nitrogens with two attached hydrogens (primary N) is 1. The summed E-state index contributed by atoms with van der Waals surface area (Å²) < 4.78 is 21.8. The van der Waals surface area contributed by atoms with Crippen molar-refractivity contribution in [2.75, 3.05) is 20.8 Å². The molecular formula is C19H17NO6. The summed E-state index contributed by atoms with van der Waals surface area (Å²) in [6, 6.07) is 11.8. The first-order valence-electron chi connectivity index (χ1n) is 7.74. The molecule has 2 aromatic carbocycles. The average molecular weight is 355 g/mol. The minimum absolute atomic E-state index is 0.0882. The molecule has 0 unspecified atom stereocenters. The largest absolute Gasteiger partial charge is 0.493 e. The summed E-state index contributed by atoms with van der Waals surface area (Å²) >= 11 is 0. The van der Waals surface area contributed by atoms with Crippen LogP contribution in [0.25, 0.3) is 22.3 Å². The first-order valence-corrected chi connectivity index (χ1v) is 7.74. The van der Waals surface area contributed by atoms with Crippen LogP contribution in [0.15, 0.2) is 51.7 Å². The summed E-state index contributed by atoms with van der Waals surface area (Å²) in [7, 11) is 3.03. The molecule has 1 heterocycles. The van der Waals surface area contributed by atoms with Gasteiger partial charge in [-0.3, -0.25) is 9.59 Å². The zero-order chi connectivity index (χ0) is 18.7. The molecule has 3 aromatic rings. The van der Waals surface area contributed by atoms with Crippen LogP contribution in [0.2, 0.25) is 0 Å². The number of benzene rings is 2. The molecule has 1 amide bonds. The van der Waals surface area contributed by atoms with Gasteiger partial charge in [0, 0.05) is 5.56 Å². The van der Waals surface area contributed by atoms with Crippen molar-refractivity contribution in [3.05, 3.63) is 52.7 Å². The predicted octanol–water partition coefficient (Wildman–Crippen LogP) is 2.34. The third-order valence-electron chi connectivity index (χ3n) is 3.76. The molecule has 0 bridgehead atoms. The quantitative estimate of drug-likeness (QED) is 0.728. The van der Waals surface area contributed by atoms with Crippen LogP contribution in [0.3, 0.4) is 0 Å². The van der Waals surface area contributed by atoms with E-state index in [1.54, 1.807) is 42.5 Å². The summed E-state index contributed by atoms with van der Waals surface area (Å²) in [6.45, 7) is -0.441. The zero-order valence-corrected chi connectivity index (χ0v) is 14.3. The van der Waals surface area contributed by atoms with Crippen LogP contribution in [0, 0.1) is 0 Å². The van der Waals surface area contributed by atoms with Gasteiger partial charge in [-0.05, 0) is 30.3 Å². The Balaban J connectivity index is 2.24. The minimum Gasteiger partial charge on any atom is -0.493 e. The SMILES string of the molecule is COc1ccc(-c2oc3ccccc3c(=O)c2OCC(N)=O)cc1OC. The highest BCUT2D eigenvalue weighted by Crippen LogP contribution is 2.36. The second-order valence-corrected chi connectivity index (χ2v) is 5.41. The molecule has 2 N–H and O–H groups in total. The Morgan fingerprint density at radius 1 is 1.08 bits per heavy atom. The van der Waals surface area contributed by atoms with Crippen LogP contribution in [-0.4, -0.2) is 26.7 Å². The number of hydrogen-bond acceptors (Lipinski definition) is 6. The van der Waals surface area contributed by atoms with Crippen molar-refractivity contribution >= 4 is 16.9 Å². The lowest BCUT2D eigenvalue weighted by atomic mass is 10.1. The number of ether oxygens (including phenoxy) is 3. The highest BCUT2D eigenvalue weighted by Gasteiger charge is 2.19. The smallest absolute Gasteiger partial charge is 0.255 e. The van der Waals surface area contributed by atoms with E-state index in [-0.39, 0.29) is 11.5 Å². The van der Waals surface area contributed by atoms with Gasteiger partial charge in [-0.15, -0.1) is 0 Å². The van der Waals surface area contributed by atoms with E-state index in [9.17, 15) is 9.59 Å². The zero-order valence-electron chi connectivity index (χ0n) is 14.3. The van der Waals surface area contributed by atoms with Gasteiger partial charge in [-0.1, -0.05) is 12.1 Å². The Labute approximate surface area is 148 Å². The average Bonchev–Trinajstić information content (AvgIpc) is 2.66. The van der Waals surface area contributed by atoms with Crippen molar-refractivity contribution in [1.29, 1.82) is 0 Å². The number of hydrogen-bond donors (Lipinski definition) is 1. The number of para-hydroxylation sites is 1. The third kappa shape index (κ3) is 3.19. The van der Waals surface area contributed by atoms with Crippen molar-refractivity contribution in [2.45, 2.75) is 0 Å². The standard InChI is InChI=1S/C19H17NO6/c1-23-14-8-7-11(9-15(14)24-2)18-19(25-10-16(20)21)17(22)12-5-3-4-6-13(12)26-18/h3-9H,10H2,1-2H3,(H2,20,21). The molecule has 7 heteroatoms. The summed E-state index contributed by atoms with van der Waals surface area (Å²) in [5, 5.41) is 0.344. The number of methoxy groups -OCH3 is 2. The fourth-order valence-corrected chi connectivity index (χ4v) is 2.57. The molecule has 0 aliphatic rings. The number of rotatable bonds is 6. The lowest BCUT2D eigenvalue weighted by Crippen LogP contribution is -2.22. The fraction of sp³-hybridized carbons (Fsp3) is 0.158. The van der Waals surface area contributed by atoms with Gasteiger partial charge in [0.25, 0.3) is 5.91 Å². The highest BCUT2D eigenvalue weighted by atomic mass is 16.5. The van der Waals surface area contributed by atoms with Gasteiger partial charge in [0.15, 0.2) is 23.9 Å². The maximum absolute atomic E-state index is 12.8. The Morgan fingerprint density at radius 2 is 1.81 bits per heavy atom. The van der Waals surface area contributed by atoms with E-state index in [0.717, 1.165) is 0 Å². The molecule has 0 radical (unpaired) electrons. The monoisotopic (exact) mass is 355 g/mol. The van der Waals surface area contributed by atoms with Gasteiger partial charge in [-0.2, -0.15) is 0 Å². The maximum Gasteiger partial charge on any atom is 0.255 e. The molecule has 0 spiro atoms. The van der Waals surface area contributed by atoms with Crippen LogP contribution in [0.5, 0.6) is 17.2 Å². The minimum atomic E-state index is -0.698. The van der Waals surface area contributed by atoms with Gasteiger partial charge < -0.3 is 24.4 Å². The molecule has 0 saturated carbocycles. The molecule has 0 atom stereocenters. The van der Waals surface area contributed by atoms with E-state index < -0.39 is 17.9 Å². The van der Waals surface area contributed by atoms with Gasteiger partial charge in [0.1, 0.15) is 5.58 Å². The number of carbonyl (C=O) groups excluding carboxylic acids is 1. The van der Waals surface area contributed by atoms with Gasteiger partial charge in [0.05, 0.1) is 19.6 Å². The Hall–Kier alpha value is -3.48. The molecular weight excluding hydrogens is 338 g/mol. The van der Waals surface area contributed by atoms with Gasteiger partial charge in [-0.25, -0.2) is 0 Å². The molecule has 3 rings (SSSR count). The molecule has 26 heavy (non-hydrogen) atoms. The van der Waals surface area contributed by atoms with E-state index >= 15 is 0 Å². The second kappa shape index (κ2) is 7.18. The van der Waals surface area contributed by atoms with Crippen LogP contribution < -0.4 is 25.4 Å². The summed E-state index contributed by atoms with van der Waals surface area (Å²) in [5.74, 6) is 0.377. The van der Waals surface area contributed by atoms with Crippen molar-refractivity contribution in [2.24, 2.45) is 5.73 Å². The maximum atomic E-state index is 12.8. The molecule has 1 aromatic heterocycles. The first-order chi connectivity index (χ1) is 12.5. The predicted molar refractivity (Wildman–Crippen MR) is 95.7 cm³/mol. The molecule has 134 valence electrons. The van der Waals surface area contributed by atoms with Gasteiger partial charge in [0.2, 0.25) is 11.2 Å². The van der Waals surface area contributed by atoms with Crippen LogP contribution >= 0.6 is 0 Å². The third-order valence-corrected chi connectivity index (χ3v) is 3.76. The summed E-state index contributed by atoms with van der Waals surface area (Å²) in [6.07, 6.45) is 0. The van der Waals surface area contributed by atoms with E-state index in [1.807, 2.05) is 0 Å². The fourth-order valence-electron chi connectivity index (χ4n) is 2.57. The first kappa shape index (κ1) is 17.3. The molecule has 0 fully saturated rings.